The van der Waals surface area contributed by atoms with E-state index in [1.807, 2.05) is 34.6 Å². The lowest BCUT2D eigenvalue weighted by atomic mass is 9.84. The largest absolute Gasteiger partial charge is 0.488 e. The van der Waals surface area contributed by atoms with Gasteiger partial charge in [-0.05, 0) is 63.8 Å². The number of esters is 1. The Morgan fingerprint density at radius 2 is 1.67 bits per heavy atom. The molecule has 1 aliphatic carbocycles. The molecule has 2 aromatic rings. The molecule has 206 valence electrons. The zero-order valence-corrected chi connectivity index (χ0v) is 24.7. The normalized spacial score (nSPS) is 17.9. The number of pyridine rings is 1. The van der Waals surface area contributed by atoms with Crippen LogP contribution in [0.2, 0.25) is 0 Å². The van der Waals surface area contributed by atoms with Crippen LogP contribution in [-0.4, -0.2) is 36.8 Å². The fourth-order valence-corrected chi connectivity index (χ4v) is 3.93. The Kier molecular flexibility index (Phi) is 16.8. The molecule has 0 spiro atoms. The summed E-state index contributed by atoms with van der Waals surface area (Å²) in [6.07, 6.45) is 8.74. The monoisotopic (exact) mass is 503 g/mol. The van der Waals surface area contributed by atoms with Crippen molar-refractivity contribution in [3.63, 3.8) is 0 Å². The van der Waals surface area contributed by atoms with Gasteiger partial charge in [0.25, 0.3) is 0 Å². The van der Waals surface area contributed by atoms with E-state index in [-0.39, 0.29) is 11.6 Å². The summed E-state index contributed by atoms with van der Waals surface area (Å²) in [7, 11) is 1.50. The quantitative estimate of drug-likeness (QED) is 0.395. The second-order valence-corrected chi connectivity index (χ2v) is 10.0. The van der Waals surface area contributed by atoms with E-state index >= 15 is 0 Å². The van der Waals surface area contributed by atoms with Crippen LogP contribution < -0.4 is 15.8 Å². The fourth-order valence-electron chi connectivity index (χ4n) is 3.93. The van der Waals surface area contributed by atoms with E-state index in [9.17, 15) is 4.79 Å². The lowest BCUT2D eigenvalue weighted by Gasteiger charge is -2.22. The molecule has 3 N–H and O–H groups in total. The third kappa shape index (κ3) is 13.1. The minimum Gasteiger partial charge on any atom is -0.488 e. The number of nitrogens with zero attached hydrogens (tertiary/aromatic N) is 1. The van der Waals surface area contributed by atoms with Gasteiger partial charge in [-0.25, -0.2) is 0 Å². The standard InChI is InChI=1S/C13H14N2O.C8H16.C6H12O2.C2H6.CH5N/c1-2-9-3-4-11-10(7-9)13-12(8-15-11)16-6-5-14-13;1-7-3-5-8(2)6-4-7;1-5(7)8-6(2,3)4;2*1-2/h3-4,7-8,14H,2,5-6H2,1H3;7-8H,3-6H2,1-2H3;1-4H3;1-2H3;2H2,1H3. The number of carbonyl (C=O) groups excluding carboxylic acids is 1. The predicted octanol–water partition coefficient (Wildman–Crippen LogP) is 7.38. The van der Waals surface area contributed by atoms with Gasteiger partial charge in [0.15, 0.2) is 5.75 Å². The minimum atomic E-state index is -0.328. The molecule has 0 amide bonds. The predicted molar refractivity (Wildman–Crippen MR) is 155 cm³/mol. The van der Waals surface area contributed by atoms with Gasteiger partial charge in [-0.1, -0.05) is 66.4 Å². The van der Waals surface area contributed by atoms with E-state index in [1.54, 1.807) is 6.20 Å². The fraction of sp³-hybridized carbons (Fsp3) is 0.667. The average Bonchev–Trinajstić information content (AvgIpc) is 2.87. The molecule has 6 nitrogen and oxygen atoms in total. The topological polar surface area (TPSA) is 86.5 Å². The van der Waals surface area contributed by atoms with Crippen LogP contribution in [0.25, 0.3) is 10.9 Å². The van der Waals surface area contributed by atoms with Gasteiger partial charge in [-0.15, -0.1) is 0 Å². The first-order valence-electron chi connectivity index (χ1n) is 13.6. The molecule has 1 aromatic carbocycles. The molecule has 0 radical (unpaired) electrons. The SMILES string of the molecule is CC.CC(=O)OC(C)(C)C.CC1CCC(C)CC1.CCc1ccc2ncc3c(c2c1)NCCO3.CN. The highest BCUT2D eigenvalue weighted by molar-refractivity contribution is 5.95. The first kappa shape index (κ1) is 33.7. The summed E-state index contributed by atoms with van der Waals surface area (Å²) >= 11 is 0. The van der Waals surface area contributed by atoms with Crippen molar-refractivity contribution >= 4 is 22.6 Å². The molecule has 0 bridgehead atoms. The van der Waals surface area contributed by atoms with Crippen LogP contribution >= 0.6 is 0 Å². The Morgan fingerprint density at radius 3 is 2.11 bits per heavy atom. The molecule has 1 aliphatic heterocycles. The van der Waals surface area contributed by atoms with E-state index in [0.29, 0.717) is 6.61 Å². The maximum atomic E-state index is 10.2. The molecule has 1 fully saturated rings. The van der Waals surface area contributed by atoms with Crippen LogP contribution in [0.4, 0.5) is 5.69 Å². The van der Waals surface area contributed by atoms with Crippen LogP contribution in [0.1, 0.15) is 93.6 Å². The summed E-state index contributed by atoms with van der Waals surface area (Å²) in [5.41, 5.74) is 7.61. The van der Waals surface area contributed by atoms with Crippen LogP contribution in [0.15, 0.2) is 24.4 Å². The van der Waals surface area contributed by atoms with Crippen LogP contribution in [0.5, 0.6) is 5.75 Å². The lowest BCUT2D eigenvalue weighted by molar-refractivity contribution is -0.151. The molecule has 36 heavy (non-hydrogen) atoms. The summed E-state index contributed by atoms with van der Waals surface area (Å²) < 4.78 is 10.4. The second-order valence-electron chi connectivity index (χ2n) is 10.0. The van der Waals surface area contributed by atoms with E-state index in [1.165, 1.54) is 45.2 Å². The number of rotatable bonds is 1. The average molecular weight is 504 g/mol. The Labute approximate surface area is 220 Å². The van der Waals surface area contributed by atoms with Gasteiger partial charge in [0, 0.05) is 18.9 Å². The van der Waals surface area contributed by atoms with E-state index in [4.69, 9.17) is 9.47 Å². The summed E-state index contributed by atoms with van der Waals surface area (Å²) in [4.78, 5) is 14.6. The number of nitrogens with one attached hydrogen (secondary N) is 1. The maximum absolute atomic E-state index is 10.2. The van der Waals surface area contributed by atoms with Crippen LogP contribution in [0.3, 0.4) is 0 Å². The summed E-state index contributed by atoms with van der Waals surface area (Å²) in [6, 6.07) is 6.40. The van der Waals surface area contributed by atoms with Crippen LogP contribution in [0, 0.1) is 11.8 Å². The highest BCUT2D eigenvalue weighted by Gasteiger charge is 2.14. The number of hydrogen-bond acceptors (Lipinski definition) is 6. The molecule has 1 aromatic heterocycles. The lowest BCUT2D eigenvalue weighted by Crippen LogP contribution is -2.21. The zero-order valence-electron chi connectivity index (χ0n) is 24.7. The third-order valence-electron chi connectivity index (χ3n) is 5.72. The number of carbonyl (C=O) groups is 1. The van der Waals surface area contributed by atoms with Crippen molar-refractivity contribution in [2.45, 2.75) is 100 Å². The number of aryl methyl sites for hydroxylation is 1. The smallest absolute Gasteiger partial charge is 0.303 e. The number of hydrogen-bond donors (Lipinski definition) is 2. The van der Waals surface area contributed by atoms with Gasteiger partial charge in [-0.3, -0.25) is 9.78 Å². The Hall–Kier alpha value is -2.34. The first-order valence-corrected chi connectivity index (χ1v) is 13.6. The Morgan fingerprint density at radius 1 is 1.11 bits per heavy atom. The number of benzene rings is 1. The van der Waals surface area contributed by atoms with Gasteiger partial charge < -0.3 is 20.5 Å². The van der Waals surface area contributed by atoms with Crippen molar-refractivity contribution in [1.29, 1.82) is 0 Å². The molecule has 2 heterocycles. The molecule has 1 saturated carbocycles. The minimum absolute atomic E-state index is 0.225. The van der Waals surface area contributed by atoms with Crippen molar-refractivity contribution in [1.82, 2.24) is 4.98 Å². The zero-order chi connectivity index (χ0) is 27.7. The number of fused-ring (bicyclic) bond motifs is 3. The third-order valence-corrected chi connectivity index (χ3v) is 5.72. The van der Waals surface area contributed by atoms with Crippen molar-refractivity contribution in [3.05, 3.63) is 30.0 Å². The molecule has 0 saturated heterocycles. The van der Waals surface area contributed by atoms with E-state index < -0.39 is 0 Å². The summed E-state index contributed by atoms with van der Waals surface area (Å²) in [5, 5.41) is 4.56. The molecule has 4 rings (SSSR count). The molecule has 0 unspecified atom stereocenters. The number of anilines is 1. The number of aromatic nitrogens is 1. The Bertz CT molecular complexity index is 854. The van der Waals surface area contributed by atoms with Gasteiger partial charge in [0.1, 0.15) is 12.2 Å². The van der Waals surface area contributed by atoms with Crippen LogP contribution in [-0.2, 0) is 16.0 Å². The molecular weight excluding hydrogens is 450 g/mol. The van der Waals surface area contributed by atoms with Crippen molar-refractivity contribution in [2.75, 3.05) is 25.5 Å². The molecule has 6 heteroatoms. The van der Waals surface area contributed by atoms with Gasteiger partial charge in [0.05, 0.1) is 17.4 Å². The number of ether oxygens (including phenoxy) is 2. The maximum Gasteiger partial charge on any atom is 0.303 e. The number of nitrogens with two attached hydrogens (primary N) is 1. The van der Waals surface area contributed by atoms with Gasteiger partial charge in [0.2, 0.25) is 0 Å². The van der Waals surface area contributed by atoms with E-state index in [2.05, 4.69) is 55.0 Å². The van der Waals surface area contributed by atoms with E-state index in [0.717, 1.165) is 47.1 Å². The van der Waals surface area contributed by atoms with Crippen molar-refractivity contribution < 1.29 is 14.3 Å². The summed E-state index contributed by atoms with van der Waals surface area (Å²) in [6.45, 7) is 19.4. The highest BCUT2D eigenvalue weighted by atomic mass is 16.6. The Balaban J connectivity index is 0.000000523. The van der Waals surface area contributed by atoms with Gasteiger partial charge >= 0.3 is 5.97 Å². The van der Waals surface area contributed by atoms with Gasteiger partial charge in [-0.2, -0.15) is 0 Å². The van der Waals surface area contributed by atoms with Crippen molar-refractivity contribution in [2.24, 2.45) is 17.6 Å². The summed E-state index contributed by atoms with van der Waals surface area (Å²) in [5.74, 6) is 2.68. The molecule has 2 aliphatic rings. The first-order chi connectivity index (χ1) is 17.1. The molecular formula is C30H53N3O3. The highest BCUT2D eigenvalue weighted by Crippen LogP contribution is 2.34. The van der Waals surface area contributed by atoms with Crippen molar-refractivity contribution in [3.8, 4) is 5.75 Å². The molecule has 0 atom stereocenters. The second kappa shape index (κ2) is 18.0.